The number of imidazole rings is 1. The lowest BCUT2D eigenvalue weighted by molar-refractivity contribution is 0.813. The third-order valence-corrected chi connectivity index (χ3v) is 3.72. The van der Waals surface area contributed by atoms with Crippen molar-refractivity contribution in [2.45, 2.75) is 16.6 Å². The largest absolute Gasteiger partial charge is 0.339 e. The van der Waals surface area contributed by atoms with Crippen LogP contribution in [0.5, 0.6) is 0 Å². The van der Waals surface area contributed by atoms with Crippen LogP contribution in [-0.4, -0.2) is 17.0 Å². The van der Waals surface area contributed by atoms with E-state index in [4.69, 9.17) is 0 Å². The number of benzene rings is 1. The van der Waals surface area contributed by atoms with Crippen LogP contribution in [0.2, 0.25) is 0 Å². The number of rotatable bonds is 4. The monoisotopic (exact) mass is 297 g/mol. The van der Waals surface area contributed by atoms with Crippen molar-refractivity contribution in [2.24, 2.45) is 0 Å². The number of hydrogen-bond donors (Lipinski definition) is 2. The molecule has 0 atom stereocenters. The van der Waals surface area contributed by atoms with E-state index in [1.807, 2.05) is 13.2 Å². The second-order valence-electron chi connectivity index (χ2n) is 3.28. The number of H-pyrrole nitrogens is 1. The molecule has 84 valence electrons. The van der Waals surface area contributed by atoms with Crippen molar-refractivity contribution >= 4 is 27.7 Å². The number of halogens is 1. The Kier molecular flexibility index (Phi) is 4.04. The third-order valence-electron chi connectivity index (χ3n) is 2.08. The minimum absolute atomic E-state index is 0.867. The predicted molar refractivity (Wildman–Crippen MR) is 69.6 cm³/mol. The molecular weight excluding hydrogens is 286 g/mol. The summed E-state index contributed by atoms with van der Waals surface area (Å²) in [4.78, 5) is 8.42. The minimum Gasteiger partial charge on any atom is -0.339 e. The van der Waals surface area contributed by atoms with Crippen molar-refractivity contribution in [1.82, 2.24) is 15.3 Å². The van der Waals surface area contributed by atoms with Gasteiger partial charge >= 0.3 is 0 Å². The standard InChI is InChI=1S/C11H12BrN3S/c1-13-7-8-2-3-9(6-10(8)12)16-11-14-4-5-15-11/h2-6,13H,7H2,1H3,(H,14,15). The molecule has 5 heteroatoms. The van der Waals surface area contributed by atoms with Crippen LogP contribution < -0.4 is 5.32 Å². The maximum atomic E-state index is 4.18. The van der Waals surface area contributed by atoms with Crippen molar-refractivity contribution in [2.75, 3.05) is 7.05 Å². The molecule has 3 nitrogen and oxygen atoms in total. The van der Waals surface area contributed by atoms with Gasteiger partial charge in [-0.25, -0.2) is 4.98 Å². The first kappa shape index (κ1) is 11.7. The fourth-order valence-corrected chi connectivity index (χ4v) is 2.79. The van der Waals surface area contributed by atoms with Crippen LogP contribution in [0.15, 0.2) is 45.1 Å². The number of nitrogens with zero attached hydrogens (tertiary/aromatic N) is 1. The molecule has 0 aliphatic rings. The summed E-state index contributed by atoms with van der Waals surface area (Å²) in [5.41, 5.74) is 1.26. The zero-order valence-electron chi connectivity index (χ0n) is 8.83. The first-order chi connectivity index (χ1) is 7.79. The SMILES string of the molecule is CNCc1ccc(Sc2ncc[nH]2)cc1Br. The summed E-state index contributed by atoms with van der Waals surface area (Å²) in [5, 5.41) is 4.04. The van der Waals surface area contributed by atoms with E-state index in [1.54, 1.807) is 18.0 Å². The predicted octanol–water partition coefficient (Wildman–Crippen LogP) is 3.04. The molecule has 0 aliphatic heterocycles. The topological polar surface area (TPSA) is 40.7 Å². The van der Waals surface area contributed by atoms with Crippen LogP contribution in [-0.2, 0) is 6.54 Å². The van der Waals surface area contributed by atoms with E-state index >= 15 is 0 Å². The Bertz CT molecular complexity index is 456. The van der Waals surface area contributed by atoms with Gasteiger partial charge in [0.2, 0.25) is 0 Å². The van der Waals surface area contributed by atoms with Gasteiger partial charge in [0.1, 0.15) is 0 Å². The van der Waals surface area contributed by atoms with Gasteiger partial charge < -0.3 is 10.3 Å². The molecule has 1 aromatic heterocycles. The van der Waals surface area contributed by atoms with Gasteiger partial charge in [0.25, 0.3) is 0 Å². The Hall–Kier alpha value is -0.780. The third kappa shape index (κ3) is 2.87. The second-order valence-corrected chi connectivity index (χ2v) is 5.20. The van der Waals surface area contributed by atoms with Gasteiger partial charge in [-0.2, -0.15) is 0 Å². The highest BCUT2D eigenvalue weighted by Gasteiger charge is 2.03. The molecule has 1 heterocycles. The lowest BCUT2D eigenvalue weighted by atomic mass is 10.2. The fraction of sp³-hybridized carbons (Fsp3) is 0.182. The summed E-state index contributed by atoms with van der Waals surface area (Å²) in [5.74, 6) is 0. The van der Waals surface area contributed by atoms with Crippen LogP contribution in [0.3, 0.4) is 0 Å². The van der Waals surface area contributed by atoms with E-state index in [9.17, 15) is 0 Å². The van der Waals surface area contributed by atoms with Crippen molar-refractivity contribution in [3.63, 3.8) is 0 Å². The van der Waals surface area contributed by atoms with Gasteiger partial charge in [0.15, 0.2) is 5.16 Å². The van der Waals surface area contributed by atoms with E-state index in [0.29, 0.717) is 0 Å². The summed E-state index contributed by atoms with van der Waals surface area (Å²) in [6, 6.07) is 6.33. The van der Waals surface area contributed by atoms with Crippen LogP contribution in [0.4, 0.5) is 0 Å². The van der Waals surface area contributed by atoms with Crippen molar-refractivity contribution in [1.29, 1.82) is 0 Å². The highest BCUT2D eigenvalue weighted by Crippen LogP contribution is 2.28. The molecular formula is C11H12BrN3S. The van der Waals surface area contributed by atoms with E-state index < -0.39 is 0 Å². The quantitative estimate of drug-likeness (QED) is 0.911. The molecule has 16 heavy (non-hydrogen) atoms. The van der Waals surface area contributed by atoms with E-state index in [-0.39, 0.29) is 0 Å². The first-order valence-electron chi connectivity index (χ1n) is 4.90. The molecule has 2 rings (SSSR count). The van der Waals surface area contributed by atoms with Gasteiger partial charge in [-0.05, 0) is 24.7 Å². The van der Waals surface area contributed by atoms with E-state index in [1.165, 1.54) is 10.5 Å². The highest BCUT2D eigenvalue weighted by molar-refractivity contribution is 9.10. The summed E-state index contributed by atoms with van der Waals surface area (Å²) in [6.45, 7) is 0.867. The zero-order valence-corrected chi connectivity index (χ0v) is 11.2. The van der Waals surface area contributed by atoms with Crippen LogP contribution in [0, 0.1) is 0 Å². The normalized spacial score (nSPS) is 10.6. The molecule has 0 unspecified atom stereocenters. The maximum Gasteiger partial charge on any atom is 0.170 e. The average Bonchev–Trinajstić information content (AvgIpc) is 2.75. The number of aromatic nitrogens is 2. The van der Waals surface area contributed by atoms with Crippen molar-refractivity contribution in [3.05, 3.63) is 40.6 Å². The Morgan fingerprint density at radius 3 is 3.00 bits per heavy atom. The van der Waals surface area contributed by atoms with Crippen LogP contribution >= 0.6 is 27.7 Å². The second kappa shape index (κ2) is 5.52. The summed E-state index contributed by atoms with van der Waals surface area (Å²) in [7, 11) is 1.94. The summed E-state index contributed by atoms with van der Waals surface area (Å²) in [6.07, 6.45) is 3.58. The Morgan fingerprint density at radius 2 is 2.38 bits per heavy atom. The number of hydrogen-bond acceptors (Lipinski definition) is 3. The molecule has 0 saturated heterocycles. The zero-order chi connectivity index (χ0) is 11.4. The molecule has 2 N–H and O–H groups in total. The molecule has 0 aliphatic carbocycles. The lowest BCUT2D eigenvalue weighted by Crippen LogP contribution is -2.05. The van der Waals surface area contributed by atoms with E-state index in [2.05, 4.69) is 49.4 Å². The molecule has 0 saturated carbocycles. The van der Waals surface area contributed by atoms with Crippen molar-refractivity contribution in [3.8, 4) is 0 Å². The molecule has 1 aromatic carbocycles. The Labute approximate surface area is 107 Å². The molecule has 0 radical (unpaired) electrons. The van der Waals surface area contributed by atoms with Crippen LogP contribution in [0.25, 0.3) is 0 Å². The van der Waals surface area contributed by atoms with Gasteiger partial charge in [0.05, 0.1) is 0 Å². The highest BCUT2D eigenvalue weighted by atomic mass is 79.9. The molecule has 2 aromatic rings. The van der Waals surface area contributed by atoms with Crippen LogP contribution in [0.1, 0.15) is 5.56 Å². The summed E-state index contributed by atoms with van der Waals surface area (Å²) >= 11 is 5.19. The number of nitrogens with one attached hydrogen (secondary N) is 2. The molecule has 0 amide bonds. The van der Waals surface area contributed by atoms with Gasteiger partial charge in [-0.3, -0.25) is 0 Å². The first-order valence-corrected chi connectivity index (χ1v) is 6.51. The number of aromatic amines is 1. The minimum atomic E-state index is 0.867. The smallest absolute Gasteiger partial charge is 0.170 e. The fourth-order valence-electron chi connectivity index (χ4n) is 1.34. The molecule has 0 bridgehead atoms. The van der Waals surface area contributed by atoms with E-state index in [0.717, 1.165) is 16.2 Å². The Balaban J connectivity index is 2.15. The summed E-state index contributed by atoms with van der Waals surface area (Å²) < 4.78 is 1.12. The van der Waals surface area contributed by atoms with Gasteiger partial charge in [0, 0.05) is 28.3 Å². The molecule has 0 fully saturated rings. The van der Waals surface area contributed by atoms with Gasteiger partial charge in [-0.1, -0.05) is 33.8 Å². The average molecular weight is 298 g/mol. The lowest BCUT2D eigenvalue weighted by Gasteiger charge is -2.05. The molecule has 0 spiro atoms. The Morgan fingerprint density at radius 1 is 1.50 bits per heavy atom. The van der Waals surface area contributed by atoms with Gasteiger partial charge in [-0.15, -0.1) is 0 Å². The maximum absolute atomic E-state index is 4.18. The van der Waals surface area contributed by atoms with Crippen molar-refractivity contribution < 1.29 is 0 Å².